The zero-order valence-electron chi connectivity index (χ0n) is 5.51. The fourth-order valence-electron chi connectivity index (χ4n) is 0.427. The average molecular weight is 196 g/mol. The Balaban J connectivity index is 3.71. The second-order valence-electron chi connectivity index (χ2n) is 1.79. The fraction of sp³-hybridized carbons (Fsp3) is 0.600. The van der Waals surface area contributed by atoms with Gasteiger partial charge in [0.05, 0.1) is 11.7 Å². The molecule has 0 aromatic carbocycles. The van der Waals surface area contributed by atoms with Gasteiger partial charge in [-0.25, -0.2) is 0 Å². The molecular weight excluding hydrogens is 188 g/mol. The Hall–Kier alpha value is -0.360. The zero-order chi connectivity index (χ0) is 8.85. The lowest BCUT2D eigenvalue weighted by molar-refractivity contribution is -0.138. The van der Waals surface area contributed by atoms with Crippen molar-refractivity contribution in [2.24, 2.45) is 0 Å². The molecule has 1 N–H and O–H groups in total. The van der Waals surface area contributed by atoms with Crippen molar-refractivity contribution in [3.05, 3.63) is 0 Å². The van der Waals surface area contributed by atoms with Crippen LogP contribution in [-0.2, 0) is 14.3 Å². The van der Waals surface area contributed by atoms with Crippen LogP contribution in [0.3, 0.4) is 0 Å². The molecule has 0 heterocycles. The number of hydrogen-bond donors (Lipinski definition) is 3. The third-order valence-corrected chi connectivity index (χ3v) is 2.08. The minimum absolute atomic E-state index is 0.189. The quantitative estimate of drug-likeness (QED) is 0.333. The molecule has 2 unspecified atom stereocenters. The highest BCUT2D eigenvalue weighted by atomic mass is 32.1. The molecule has 0 aliphatic carbocycles. The maximum Gasteiger partial charge on any atom is 0.304 e. The van der Waals surface area contributed by atoms with E-state index >= 15 is 0 Å². The Labute approximate surface area is 74.7 Å². The summed E-state index contributed by atoms with van der Waals surface area (Å²) < 4.78 is 4.35. The lowest BCUT2D eigenvalue weighted by atomic mass is 10.3. The summed E-state index contributed by atoms with van der Waals surface area (Å²) in [6, 6.07) is 0. The molecule has 0 aromatic heterocycles. The first-order valence-corrected chi connectivity index (χ1v) is 3.78. The SMILES string of the molecule is O=COC(S)C(S)CC(=O)O. The first kappa shape index (κ1) is 10.6. The second-order valence-corrected chi connectivity index (χ2v) is 2.96. The summed E-state index contributed by atoms with van der Waals surface area (Å²) in [7, 11) is 0. The molecule has 0 aliphatic heterocycles. The molecule has 0 fully saturated rings. The minimum atomic E-state index is -1.00. The molecule has 4 nitrogen and oxygen atoms in total. The topological polar surface area (TPSA) is 63.6 Å². The first-order chi connectivity index (χ1) is 5.07. The van der Waals surface area contributed by atoms with Gasteiger partial charge in [0.2, 0.25) is 0 Å². The van der Waals surface area contributed by atoms with Gasteiger partial charge in [0.1, 0.15) is 0 Å². The highest BCUT2D eigenvalue weighted by Crippen LogP contribution is 2.13. The van der Waals surface area contributed by atoms with Crippen LogP contribution in [-0.4, -0.2) is 28.2 Å². The Morgan fingerprint density at radius 1 is 1.64 bits per heavy atom. The van der Waals surface area contributed by atoms with Gasteiger partial charge < -0.3 is 9.84 Å². The molecule has 64 valence electrons. The van der Waals surface area contributed by atoms with Gasteiger partial charge in [-0.3, -0.25) is 9.59 Å². The third kappa shape index (κ3) is 4.97. The van der Waals surface area contributed by atoms with Crippen LogP contribution >= 0.6 is 25.3 Å². The molecule has 0 bridgehead atoms. The van der Waals surface area contributed by atoms with Crippen molar-refractivity contribution in [1.29, 1.82) is 0 Å². The van der Waals surface area contributed by atoms with Gasteiger partial charge >= 0.3 is 5.97 Å². The van der Waals surface area contributed by atoms with E-state index in [1.807, 2.05) is 0 Å². The number of aliphatic carboxylic acids is 1. The molecule has 0 rings (SSSR count). The summed E-state index contributed by atoms with van der Waals surface area (Å²) in [6.45, 7) is 0.211. The van der Waals surface area contributed by atoms with Crippen molar-refractivity contribution in [2.75, 3.05) is 0 Å². The predicted octanol–water partition coefficient (Wildman–Crippen LogP) is 0.188. The molecule has 0 spiro atoms. The lowest BCUT2D eigenvalue weighted by Crippen LogP contribution is -2.21. The second kappa shape index (κ2) is 5.31. The summed E-state index contributed by atoms with van der Waals surface area (Å²) >= 11 is 7.64. The number of carboxylic acids is 1. The van der Waals surface area contributed by atoms with Gasteiger partial charge in [0.25, 0.3) is 6.47 Å². The van der Waals surface area contributed by atoms with E-state index in [1.165, 1.54) is 0 Å². The van der Waals surface area contributed by atoms with E-state index in [1.54, 1.807) is 0 Å². The molecule has 0 aromatic rings. The van der Waals surface area contributed by atoms with E-state index in [0.29, 0.717) is 0 Å². The van der Waals surface area contributed by atoms with E-state index in [9.17, 15) is 9.59 Å². The third-order valence-electron chi connectivity index (χ3n) is 0.908. The van der Waals surface area contributed by atoms with Crippen LogP contribution in [0.5, 0.6) is 0 Å². The maximum atomic E-state index is 10.1. The lowest BCUT2D eigenvalue weighted by Gasteiger charge is -2.13. The van der Waals surface area contributed by atoms with Crippen molar-refractivity contribution >= 4 is 37.7 Å². The predicted molar refractivity (Wildman–Crippen MR) is 44.9 cm³/mol. The molecule has 0 saturated carbocycles. The van der Waals surface area contributed by atoms with Gasteiger partial charge in [-0.1, -0.05) is 0 Å². The summed E-state index contributed by atoms with van der Waals surface area (Å²) in [5.74, 6) is -1.00. The largest absolute Gasteiger partial charge is 0.481 e. The van der Waals surface area contributed by atoms with E-state index in [0.717, 1.165) is 0 Å². The zero-order valence-corrected chi connectivity index (χ0v) is 7.29. The fourth-order valence-corrected chi connectivity index (χ4v) is 0.809. The van der Waals surface area contributed by atoms with Crippen LogP contribution in [0.25, 0.3) is 0 Å². The highest BCUT2D eigenvalue weighted by molar-refractivity contribution is 7.85. The van der Waals surface area contributed by atoms with Gasteiger partial charge in [-0.2, -0.15) is 12.6 Å². The summed E-state index contributed by atoms with van der Waals surface area (Å²) in [6.07, 6.45) is -0.189. The number of carbonyl (C=O) groups is 2. The maximum absolute atomic E-state index is 10.1. The number of carbonyl (C=O) groups excluding carboxylic acids is 1. The van der Waals surface area contributed by atoms with Crippen LogP contribution in [0.2, 0.25) is 0 Å². The van der Waals surface area contributed by atoms with Crippen molar-refractivity contribution in [3.8, 4) is 0 Å². The molecule has 0 radical (unpaired) electrons. The minimum Gasteiger partial charge on any atom is -0.481 e. The number of hydrogen-bond acceptors (Lipinski definition) is 5. The average Bonchev–Trinajstić information content (AvgIpc) is 1.86. The van der Waals surface area contributed by atoms with Gasteiger partial charge in [0, 0.05) is 0 Å². The Morgan fingerprint density at radius 2 is 2.18 bits per heavy atom. The number of ether oxygens (including phenoxy) is 1. The van der Waals surface area contributed by atoms with Crippen molar-refractivity contribution in [3.63, 3.8) is 0 Å². The molecule has 2 atom stereocenters. The van der Waals surface area contributed by atoms with Gasteiger partial charge in [-0.15, -0.1) is 12.6 Å². The monoisotopic (exact) mass is 196 g/mol. The van der Waals surface area contributed by atoms with Gasteiger partial charge in [0.15, 0.2) is 5.44 Å². The standard InChI is InChI=1S/C5H8O4S2/c6-2-9-5(11)3(10)1-4(7)8/h2-3,5,10-11H,1H2,(H,7,8). The van der Waals surface area contributed by atoms with E-state index in [-0.39, 0.29) is 12.9 Å². The van der Waals surface area contributed by atoms with Crippen molar-refractivity contribution < 1.29 is 19.4 Å². The van der Waals surface area contributed by atoms with Crippen LogP contribution in [0, 0.1) is 0 Å². The van der Waals surface area contributed by atoms with Gasteiger partial charge in [-0.05, 0) is 0 Å². The summed E-state index contributed by atoms with van der Waals surface area (Å²) in [5, 5.41) is 7.69. The van der Waals surface area contributed by atoms with Crippen LogP contribution < -0.4 is 0 Å². The normalized spacial score (nSPS) is 15.1. The Bertz CT molecular complexity index is 149. The first-order valence-electron chi connectivity index (χ1n) is 2.75. The van der Waals surface area contributed by atoms with E-state index in [2.05, 4.69) is 30.0 Å². The Morgan fingerprint density at radius 3 is 2.55 bits per heavy atom. The van der Waals surface area contributed by atoms with E-state index < -0.39 is 16.7 Å². The number of carboxylic acid groups (broad SMARTS) is 1. The van der Waals surface area contributed by atoms with Crippen LogP contribution in [0.4, 0.5) is 0 Å². The summed E-state index contributed by atoms with van der Waals surface area (Å²) in [5.41, 5.74) is -0.771. The molecule has 0 aliphatic rings. The Kier molecular flexibility index (Phi) is 5.14. The van der Waals surface area contributed by atoms with Crippen molar-refractivity contribution in [2.45, 2.75) is 17.1 Å². The smallest absolute Gasteiger partial charge is 0.304 e. The summed E-state index contributed by atoms with van der Waals surface area (Å²) in [4.78, 5) is 19.8. The van der Waals surface area contributed by atoms with Crippen LogP contribution in [0.15, 0.2) is 0 Å². The molecule has 11 heavy (non-hydrogen) atoms. The van der Waals surface area contributed by atoms with Crippen LogP contribution in [0.1, 0.15) is 6.42 Å². The van der Waals surface area contributed by atoms with Crippen molar-refractivity contribution in [1.82, 2.24) is 0 Å². The molecule has 0 saturated heterocycles. The molecular formula is C5H8O4S2. The number of thiol groups is 2. The molecule has 6 heteroatoms. The van der Waals surface area contributed by atoms with E-state index in [4.69, 9.17) is 5.11 Å². The molecule has 0 amide bonds. The number of rotatable bonds is 5. The highest BCUT2D eigenvalue weighted by Gasteiger charge is 2.17.